The standard InChI is InChI=1S/C20H24F4N6O3/c21-10-3-1-2-4-15-17(19(33)26-11-9-16(25)31)28-29-30(15)14-7-5-13(6-8-14)18(32)27-12-20(22,23)24/h5-8H,1-4,9-12H2,(H2,25,31)(H,26,33)(H,27,32). The summed E-state index contributed by atoms with van der Waals surface area (Å²) >= 11 is 0. The summed E-state index contributed by atoms with van der Waals surface area (Å²) in [7, 11) is 0. The first-order valence-corrected chi connectivity index (χ1v) is 10.1. The molecule has 0 atom stereocenters. The number of unbranched alkanes of at least 4 members (excludes halogenated alkanes) is 2. The fourth-order valence-corrected chi connectivity index (χ4v) is 2.89. The van der Waals surface area contributed by atoms with Gasteiger partial charge in [0.15, 0.2) is 5.69 Å². The van der Waals surface area contributed by atoms with Crippen LogP contribution in [0.5, 0.6) is 0 Å². The van der Waals surface area contributed by atoms with Crippen molar-refractivity contribution in [1.82, 2.24) is 25.6 Å². The van der Waals surface area contributed by atoms with Gasteiger partial charge in [0.25, 0.3) is 11.8 Å². The minimum absolute atomic E-state index is 0.0111. The minimum Gasteiger partial charge on any atom is -0.370 e. The number of carbonyl (C=O) groups excluding carboxylic acids is 3. The Morgan fingerprint density at radius 1 is 1.00 bits per heavy atom. The molecule has 1 aromatic carbocycles. The van der Waals surface area contributed by atoms with E-state index in [2.05, 4.69) is 15.6 Å². The van der Waals surface area contributed by atoms with Crippen LogP contribution in [0, 0.1) is 0 Å². The molecule has 180 valence electrons. The predicted molar refractivity (Wildman–Crippen MR) is 109 cm³/mol. The van der Waals surface area contributed by atoms with Crippen molar-refractivity contribution in [1.29, 1.82) is 0 Å². The highest BCUT2D eigenvalue weighted by Crippen LogP contribution is 2.18. The van der Waals surface area contributed by atoms with E-state index in [-0.39, 0.29) is 24.2 Å². The van der Waals surface area contributed by atoms with Crippen LogP contribution in [0.15, 0.2) is 24.3 Å². The average Bonchev–Trinajstić information content (AvgIpc) is 3.18. The Balaban J connectivity index is 2.21. The lowest BCUT2D eigenvalue weighted by Crippen LogP contribution is -2.33. The molecule has 0 spiro atoms. The van der Waals surface area contributed by atoms with Gasteiger partial charge in [-0.3, -0.25) is 18.8 Å². The molecule has 1 heterocycles. The van der Waals surface area contributed by atoms with Crippen molar-refractivity contribution in [3.63, 3.8) is 0 Å². The van der Waals surface area contributed by atoms with Gasteiger partial charge in [-0.15, -0.1) is 5.10 Å². The normalized spacial score (nSPS) is 11.3. The van der Waals surface area contributed by atoms with E-state index in [0.717, 1.165) is 0 Å². The van der Waals surface area contributed by atoms with Crippen LogP contribution in [-0.2, 0) is 11.2 Å². The van der Waals surface area contributed by atoms with E-state index in [4.69, 9.17) is 5.73 Å². The number of primary amides is 1. The summed E-state index contributed by atoms with van der Waals surface area (Å²) < 4.78 is 50.6. The number of halogens is 4. The van der Waals surface area contributed by atoms with Gasteiger partial charge in [0.2, 0.25) is 5.91 Å². The predicted octanol–water partition coefficient (Wildman–Crippen LogP) is 1.85. The summed E-state index contributed by atoms with van der Waals surface area (Å²) in [4.78, 5) is 35.2. The van der Waals surface area contributed by atoms with Crippen LogP contribution in [-0.4, -0.2) is 58.7 Å². The molecule has 0 radical (unpaired) electrons. The van der Waals surface area contributed by atoms with Crippen molar-refractivity contribution >= 4 is 17.7 Å². The zero-order valence-corrected chi connectivity index (χ0v) is 17.6. The fourth-order valence-electron chi connectivity index (χ4n) is 2.89. The summed E-state index contributed by atoms with van der Waals surface area (Å²) in [6.07, 6.45) is -2.74. The molecular weight excluding hydrogens is 448 g/mol. The highest BCUT2D eigenvalue weighted by atomic mass is 19.4. The maximum Gasteiger partial charge on any atom is 0.405 e. The first-order valence-electron chi connectivity index (χ1n) is 10.1. The van der Waals surface area contributed by atoms with Crippen LogP contribution >= 0.6 is 0 Å². The molecule has 2 aromatic rings. The molecule has 33 heavy (non-hydrogen) atoms. The lowest BCUT2D eigenvalue weighted by atomic mass is 10.1. The van der Waals surface area contributed by atoms with Crippen molar-refractivity contribution in [3.05, 3.63) is 41.2 Å². The third-order valence-corrected chi connectivity index (χ3v) is 4.51. The van der Waals surface area contributed by atoms with Crippen LogP contribution in [0.4, 0.5) is 17.6 Å². The van der Waals surface area contributed by atoms with Crippen LogP contribution in [0.1, 0.15) is 52.2 Å². The third kappa shape index (κ3) is 8.16. The summed E-state index contributed by atoms with van der Waals surface area (Å²) in [6.45, 7) is -1.90. The van der Waals surface area contributed by atoms with Crippen LogP contribution in [0.25, 0.3) is 5.69 Å². The average molecular weight is 472 g/mol. The number of alkyl halides is 4. The van der Waals surface area contributed by atoms with Crippen LogP contribution in [0.3, 0.4) is 0 Å². The quantitative estimate of drug-likeness (QED) is 0.320. The maximum absolute atomic E-state index is 12.5. The smallest absolute Gasteiger partial charge is 0.370 e. The van der Waals surface area contributed by atoms with E-state index in [9.17, 15) is 31.9 Å². The van der Waals surface area contributed by atoms with Gasteiger partial charge in [0.1, 0.15) is 6.54 Å². The van der Waals surface area contributed by atoms with Crippen molar-refractivity contribution in [2.45, 2.75) is 38.3 Å². The third-order valence-electron chi connectivity index (χ3n) is 4.51. The Morgan fingerprint density at radius 2 is 1.70 bits per heavy atom. The Labute approximate surface area is 186 Å². The zero-order valence-electron chi connectivity index (χ0n) is 17.6. The number of aromatic nitrogens is 3. The summed E-state index contributed by atoms with van der Waals surface area (Å²) in [6, 6.07) is 5.55. The van der Waals surface area contributed by atoms with Gasteiger partial charge in [-0.1, -0.05) is 11.6 Å². The molecule has 0 aliphatic carbocycles. The Morgan fingerprint density at radius 3 is 2.30 bits per heavy atom. The topological polar surface area (TPSA) is 132 Å². The molecule has 13 heteroatoms. The number of rotatable bonds is 12. The Hall–Kier alpha value is -3.51. The van der Waals surface area contributed by atoms with Crippen molar-refractivity contribution in [2.24, 2.45) is 5.73 Å². The molecule has 0 fully saturated rings. The minimum atomic E-state index is -4.53. The molecule has 0 unspecified atom stereocenters. The monoisotopic (exact) mass is 472 g/mol. The van der Waals surface area contributed by atoms with Gasteiger partial charge in [0, 0.05) is 18.5 Å². The second kappa shape index (κ2) is 11.9. The molecule has 0 saturated heterocycles. The Kier molecular flexibility index (Phi) is 9.30. The second-order valence-electron chi connectivity index (χ2n) is 7.11. The number of nitrogens with two attached hydrogens (primary N) is 1. The first kappa shape index (κ1) is 25.7. The number of hydrogen-bond acceptors (Lipinski definition) is 5. The number of amides is 3. The highest BCUT2D eigenvalue weighted by molar-refractivity contribution is 5.94. The molecule has 3 amide bonds. The van der Waals surface area contributed by atoms with Gasteiger partial charge >= 0.3 is 6.18 Å². The number of nitrogens with zero attached hydrogens (tertiary/aromatic N) is 3. The molecule has 4 N–H and O–H groups in total. The first-order chi connectivity index (χ1) is 15.6. The van der Waals surface area contributed by atoms with Gasteiger partial charge in [0.05, 0.1) is 18.1 Å². The van der Waals surface area contributed by atoms with E-state index in [1.807, 2.05) is 0 Å². The lowest BCUT2D eigenvalue weighted by molar-refractivity contribution is -0.123. The van der Waals surface area contributed by atoms with Gasteiger partial charge in [-0.2, -0.15) is 13.2 Å². The molecule has 1 aromatic heterocycles. The number of carbonyl (C=O) groups is 3. The molecule has 0 saturated carbocycles. The molecular formula is C20H24F4N6O3. The SMILES string of the molecule is NC(=O)CCNC(=O)c1nnn(-c2ccc(C(=O)NCC(F)(F)F)cc2)c1CCCCCF. The number of hydrogen-bond donors (Lipinski definition) is 3. The molecule has 0 aliphatic heterocycles. The molecule has 9 nitrogen and oxygen atoms in total. The lowest BCUT2D eigenvalue weighted by Gasteiger charge is -2.10. The van der Waals surface area contributed by atoms with E-state index >= 15 is 0 Å². The van der Waals surface area contributed by atoms with Crippen LogP contribution < -0.4 is 16.4 Å². The van der Waals surface area contributed by atoms with Gasteiger partial charge in [-0.25, -0.2) is 4.68 Å². The summed E-state index contributed by atoms with van der Waals surface area (Å²) in [5, 5.41) is 12.2. The van der Waals surface area contributed by atoms with E-state index in [0.29, 0.717) is 37.1 Å². The Bertz CT molecular complexity index is 960. The molecule has 2 rings (SSSR count). The van der Waals surface area contributed by atoms with Gasteiger partial charge < -0.3 is 16.4 Å². The maximum atomic E-state index is 12.5. The summed E-state index contributed by atoms with van der Waals surface area (Å²) in [5.41, 5.74) is 5.94. The van der Waals surface area contributed by atoms with Crippen molar-refractivity contribution in [3.8, 4) is 5.69 Å². The number of benzene rings is 1. The summed E-state index contributed by atoms with van der Waals surface area (Å²) in [5.74, 6) is -2.03. The largest absolute Gasteiger partial charge is 0.405 e. The molecule has 0 aliphatic rings. The zero-order chi connectivity index (χ0) is 24.4. The second-order valence-corrected chi connectivity index (χ2v) is 7.11. The van der Waals surface area contributed by atoms with E-state index < -0.39 is 37.1 Å². The van der Waals surface area contributed by atoms with Crippen molar-refractivity contribution in [2.75, 3.05) is 19.8 Å². The number of nitrogens with one attached hydrogen (secondary N) is 2. The van der Waals surface area contributed by atoms with Crippen molar-refractivity contribution < 1.29 is 31.9 Å². The van der Waals surface area contributed by atoms with E-state index in [1.54, 1.807) is 5.32 Å². The fraction of sp³-hybridized carbons (Fsp3) is 0.450. The highest BCUT2D eigenvalue weighted by Gasteiger charge is 2.28. The van der Waals surface area contributed by atoms with Crippen LogP contribution in [0.2, 0.25) is 0 Å². The van der Waals surface area contributed by atoms with Gasteiger partial charge in [-0.05, 0) is 43.5 Å². The molecule has 0 bridgehead atoms. The van der Waals surface area contributed by atoms with E-state index in [1.165, 1.54) is 28.9 Å².